The Kier molecular flexibility index (Phi) is 6.47. The van der Waals surface area contributed by atoms with Crippen LogP contribution in [0.3, 0.4) is 0 Å². The highest BCUT2D eigenvalue weighted by atomic mass is 32.2. The molecule has 13 heteroatoms. The lowest BCUT2D eigenvalue weighted by molar-refractivity contribution is -0.140. The summed E-state index contributed by atoms with van der Waals surface area (Å²) in [5, 5.41) is 8.40. The van der Waals surface area contributed by atoms with Gasteiger partial charge in [-0.25, -0.2) is 13.9 Å². The first kappa shape index (κ1) is 23.2. The maximum absolute atomic E-state index is 13.1. The molecule has 2 aromatic rings. The van der Waals surface area contributed by atoms with Crippen molar-refractivity contribution in [3.63, 3.8) is 0 Å². The first-order chi connectivity index (χ1) is 13.7. The second-order valence-corrected chi connectivity index (χ2v) is 7.43. The van der Waals surface area contributed by atoms with Gasteiger partial charge in [0.25, 0.3) is 15.9 Å². The molecule has 0 aliphatic rings. The fourth-order valence-electron chi connectivity index (χ4n) is 2.25. The molecule has 0 unspecified atom stereocenters. The summed E-state index contributed by atoms with van der Waals surface area (Å²) in [5.41, 5.74) is -2.96. The van der Waals surface area contributed by atoms with E-state index in [0.717, 1.165) is 24.3 Å². The van der Waals surface area contributed by atoms with Gasteiger partial charge < -0.3 is 0 Å². The van der Waals surface area contributed by atoms with Gasteiger partial charge >= 0.3 is 12.4 Å². The maximum Gasteiger partial charge on any atom is 0.418 e. The van der Waals surface area contributed by atoms with Gasteiger partial charge in [0, 0.05) is 6.08 Å². The third kappa shape index (κ3) is 5.73. The molecule has 1 amide bonds. The summed E-state index contributed by atoms with van der Waals surface area (Å²) >= 11 is 0. The Morgan fingerprint density at radius 1 is 0.967 bits per heavy atom. The number of halogens is 6. The average molecular weight is 454 g/mol. The lowest BCUT2D eigenvalue weighted by Crippen LogP contribution is -2.18. The zero-order valence-electron chi connectivity index (χ0n) is 14.5. The Morgan fingerprint density at radius 2 is 1.63 bits per heavy atom. The van der Waals surface area contributed by atoms with Crippen molar-refractivity contribution in [2.45, 2.75) is 17.2 Å². The highest BCUT2D eigenvalue weighted by molar-refractivity contribution is 7.92. The Hall–Kier alpha value is -3.06. The van der Waals surface area contributed by atoms with Crippen molar-refractivity contribution in [3.05, 3.63) is 65.2 Å². The number of carbonyl (C=O) groups is 1. The number of hydroxylamine groups is 1. The SMILES string of the molecule is O=C(C=Cc1cccc(S(=O)(=O)Nc2cc(C(F)(F)F)ccc2C(F)(F)F)c1)NO. The molecule has 3 N–H and O–H groups in total. The Morgan fingerprint density at radius 3 is 2.20 bits per heavy atom. The number of amides is 1. The van der Waals surface area contributed by atoms with Crippen LogP contribution in [0.2, 0.25) is 0 Å². The second kappa shape index (κ2) is 8.36. The number of hydrogen-bond acceptors (Lipinski definition) is 4. The van der Waals surface area contributed by atoms with E-state index in [1.807, 2.05) is 0 Å². The van der Waals surface area contributed by atoms with Crippen molar-refractivity contribution in [3.8, 4) is 0 Å². The molecule has 0 aliphatic heterocycles. The van der Waals surface area contributed by atoms with E-state index in [1.165, 1.54) is 22.3 Å². The summed E-state index contributed by atoms with van der Waals surface area (Å²) < 4.78 is 105. The number of alkyl halides is 6. The van der Waals surface area contributed by atoms with Crippen molar-refractivity contribution >= 4 is 27.7 Å². The molecule has 0 aromatic heterocycles. The number of anilines is 1. The molecule has 0 atom stereocenters. The van der Waals surface area contributed by atoms with Crippen LogP contribution < -0.4 is 10.2 Å². The lowest BCUT2D eigenvalue weighted by Gasteiger charge is -2.17. The molecule has 0 spiro atoms. The number of carbonyl (C=O) groups excluding carboxylic acids is 1. The number of nitrogens with one attached hydrogen (secondary N) is 2. The van der Waals surface area contributed by atoms with E-state index in [4.69, 9.17) is 5.21 Å². The van der Waals surface area contributed by atoms with Crippen molar-refractivity contribution in [1.29, 1.82) is 0 Å². The van der Waals surface area contributed by atoms with E-state index >= 15 is 0 Å². The molecule has 2 rings (SSSR count). The van der Waals surface area contributed by atoms with Gasteiger partial charge in [0.05, 0.1) is 21.7 Å². The van der Waals surface area contributed by atoms with Crippen LogP contribution in [0.25, 0.3) is 6.08 Å². The maximum atomic E-state index is 13.1. The Bertz CT molecular complexity index is 1080. The fourth-order valence-corrected chi connectivity index (χ4v) is 3.38. The van der Waals surface area contributed by atoms with Crippen molar-refractivity contribution in [2.75, 3.05) is 4.72 Å². The Balaban J connectivity index is 2.48. The van der Waals surface area contributed by atoms with Gasteiger partial charge in [-0.1, -0.05) is 12.1 Å². The quantitative estimate of drug-likeness (QED) is 0.275. The third-order valence-corrected chi connectivity index (χ3v) is 4.97. The largest absolute Gasteiger partial charge is 0.418 e. The van der Waals surface area contributed by atoms with Gasteiger partial charge in [0.2, 0.25) is 0 Å². The van der Waals surface area contributed by atoms with Crippen LogP contribution in [0, 0.1) is 0 Å². The fraction of sp³-hybridized carbons (Fsp3) is 0.118. The molecule has 162 valence electrons. The number of sulfonamides is 1. The first-order valence-corrected chi connectivity index (χ1v) is 9.26. The van der Waals surface area contributed by atoms with Gasteiger partial charge in [-0.3, -0.25) is 14.7 Å². The van der Waals surface area contributed by atoms with E-state index in [0.29, 0.717) is 0 Å². The molecule has 30 heavy (non-hydrogen) atoms. The van der Waals surface area contributed by atoms with Crippen LogP contribution >= 0.6 is 0 Å². The topological polar surface area (TPSA) is 95.5 Å². The van der Waals surface area contributed by atoms with Crippen LogP contribution in [-0.2, 0) is 27.2 Å². The van der Waals surface area contributed by atoms with Gasteiger partial charge in [-0.05, 0) is 42.0 Å². The predicted octanol–water partition coefficient (Wildman–Crippen LogP) is 4.04. The zero-order chi connectivity index (χ0) is 22.7. The van der Waals surface area contributed by atoms with Crippen molar-refractivity contribution in [1.82, 2.24) is 5.48 Å². The molecule has 2 aromatic carbocycles. The van der Waals surface area contributed by atoms with E-state index in [9.17, 15) is 39.6 Å². The molecule has 0 heterocycles. The highest BCUT2D eigenvalue weighted by Crippen LogP contribution is 2.39. The molecule has 0 bridgehead atoms. The molecule has 0 aliphatic carbocycles. The van der Waals surface area contributed by atoms with Gasteiger partial charge in [-0.15, -0.1) is 0 Å². The normalized spacial score (nSPS) is 12.8. The van der Waals surface area contributed by atoms with E-state index in [-0.39, 0.29) is 23.8 Å². The van der Waals surface area contributed by atoms with Crippen LogP contribution in [0.15, 0.2) is 53.4 Å². The summed E-state index contributed by atoms with van der Waals surface area (Å²) in [6.45, 7) is 0. The molecule has 0 saturated carbocycles. The molecular weight excluding hydrogens is 442 g/mol. The molecular formula is C17H12F6N2O4S. The second-order valence-electron chi connectivity index (χ2n) is 5.74. The first-order valence-electron chi connectivity index (χ1n) is 7.77. The number of rotatable bonds is 5. The number of benzene rings is 2. The minimum absolute atomic E-state index is 0.0513. The van der Waals surface area contributed by atoms with E-state index in [1.54, 1.807) is 0 Å². The highest BCUT2D eigenvalue weighted by Gasteiger charge is 2.38. The standard InChI is InChI=1S/C17H12F6N2O4S/c18-16(19,20)11-5-6-13(17(21,22)23)14(9-11)25-30(28,29)12-3-1-2-10(8-12)4-7-15(26)24-27/h1-9,25,27H,(H,24,26). The van der Waals surface area contributed by atoms with E-state index in [2.05, 4.69) is 0 Å². The molecule has 0 saturated heterocycles. The van der Waals surface area contributed by atoms with Crippen LogP contribution in [0.5, 0.6) is 0 Å². The molecule has 0 radical (unpaired) electrons. The predicted molar refractivity (Wildman–Crippen MR) is 92.7 cm³/mol. The van der Waals surface area contributed by atoms with Crippen LogP contribution in [0.1, 0.15) is 16.7 Å². The minimum Gasteiger partial charge on any atom is -0.288 e. The Labute approximate surface area is 165 Å². The zero-order valence-corrected chi connectivity index (χ0v) is 15.4. The summed E-state index contributed by atoms with van der Waals surface area (Å²) in [6, 6.07) is 4.87. The third-order valence-electron chi connectivity index (χ3n) is 3.60. The van der Waals surface area contributed by atoms with Gasteiger partial charge in [0.1, 0.15) is 0 Å². The summed E-state index contributed by atoms with van der Waals surface area (Å²) in [6.07, 6.45) is -8.18. The lowest BCUT2D eigenvalue weighted by atomic mass is 10.1. The summed E-state index contributed by atoms with van der Waals surface area (Å²) in [5.74, 6) is -0.930. The van der Waals surface area contributed by atoms with Crippen LogP contribution in [-0.4, -0.2) is 19.5 Å². The average Bonchev–Trinajstić information content (AvgIpc) is 2.64. The minimum atomic E-state index is -5.12. The van der Waals surface area contributed by atoms with E-state index < -0.39 is 50.0 Å². The number of hydrogen-bond donors (Lipinski definition) is 3. The summed E-state index contributed by atoms with van der Waals surface area (Å²) in [7, 11) is -4.73. The molecule has 0 fully saturated rings. The van der Waals surface area contributed by atoms with Gasteiger partial charge in [0.15, 0.2) is 0 Å². The van der Waals surface area contributed by atoms with Crippen molar-refractivity contribution < 1.29 is 44.8 Å². The van der Waals surface area contributed by atoms with Crippen molar-refractivity contribution in [2.24, 2.45) is 0 Å². The van der Waals surface area contributed by atoms with Crippen LogP contribution in [0.4, 0.5) is 32.0 Å². The van der Waals surface area contributed by atoms with Gasteiger partial charge in [-0.2, -0.15) is 26.3 Å². The smallest absolute Gasteiger partial charge is 0.288 e. The monoisotopic (exact) mass is 454 g/mol. The summed E-state index contributed by atoms with van der Waals surface area (Å²) in [4.78, 5) is 10.4. The molecule has 6 nitrogen and oxygen atoms in total.